The van der Waals surface area contributed by atoms with Crippen LogP contribution in [0.25, 0.3) is 11.1 Å². The molecular weight excluding hydrogens is 432 g/mol. The van der Waals surface area contributed by atoms with Crippen molar-refractivity contribution in [3.8, 4) is 22.6 Å². The summed E-state index contributed by atoms with van der Waals surface area (Å²) >= 11 is 0. The maximum Gasteiger partial charge on any atom is 0.255 e. The number of hydrogen-bond donors (Lipinski definition) is 1. The van der Waals surface area contributed by atoms with E-state index in [-0.39, 0.29) is 5.91 Å². The summed E-state index contributed by atoms with van der Waals surface area (Å²) in [5, 5.41) is 2.97. The van der Waals surface area contributed by atoms with Gasteiger partial charge in [0.25, 0.3) is 5.91 Å². The molecule has 1 heterocycles. The van der Waals surface area contributed by atoms with Crippen LogP contribution in [0.2, 0.25) is 0 Å². The molecule has 180 valence electrons. The van der Waals surface area contributed by atoms with Gasteiger partial charge in [-0.3, -0.25) is 4.79 Å². The molecule has 0 saturated heterocycles. The molecule has 1 amide bonds. The Balaban J connectivity index is 1.86. The van der Waals surface area contributed by atoms with E-state index in [1.165, 1.54) is 0 Å². The number of carbonyl (C=O) groups is 1. The quantitative estimate of drug-likeness (QED) is 0.459. The lowest BCUT2D eigenvalue weighted by atomic mass is 10.0. The van der Waals surface area contributed by atoms with Crippen molar-refractivity contribution in [2.75, 3.05) is 52.9 Å². The standard InChI is InChI=1S/C26H32N4O4/c1-18-25(19(2)28-17-27-18)23-16-21(29-26(31)20-7-6-8-22(15-20)33-5)9-10-24(23)34-14-12-30(3)11-13-32-4/h6-10,15-17H,11-14H2,1-5H3,(H,29,31). The number of benzene rings is 2. The third-order valence-electron chi connectivity index (χ3n) is 5.47. The number of amides is 1. The van der Waals surface area contributed by atoms with Crippen molar-refractivity contribution in [1.82, 2.24) is 14.9 Å². The summed E-state index contributed by atoms with van der Waals surface area (Å²) in [7, 11) is 5.29. The molecule has 0 spiro atoms. The van der Waals surface area contributed by atoms with E-state index in [0.717, 1.165) is 35.6 Å². The Morgan fingerprint density at radius 3 is 2.44 bits per heavy atom. The zero-order chi connectivity index (χ0) is 24.5. The van der Waals surface area contributed by atoms with Gasteiger partial charge in [0.1, 0.15) is 24.4 Å². The number of carbonyl (C=O) groups excluding carboxylic acids is 1. The largest absolute Gasteiger partial charge is 0.497 e. The van der Waals surface area contributed by atoms with Crippen molar-refractivity contribution in [3.63, 3.8) is 0 Å². The van der Waals surface area contributed by atoms with Crippen LogP contribution in [0.1, 0.15) is 21.7 Å². The molecule has 34 heavy (non-hydrogen) atoms. The van der Waals surface area contributed by atoms with Crippen molar-refractivity contribution in [2.24, 2.45) is 0 Å². The maximum atomic E-state index is 12.8. The van der Waals surface area contributed by atoms with Gasteiger partial charge in [0, 0.05) is 54.0 Å². The molecule has 3 aromatic rings. The number of ether oxygens (including phenoxy) is 3. The predicted octanol–water partition coefficient (Wildman–Crippen LogP) is 3.98. The minimum atomic E-state index is -0.226. The summed E-state index contributed by atoms with van der Waals surface area (Å²) < 4.78 is 16.5. The third-order valence-corrected chi connectivity index (χ3v) is 5.47. The highest BCUT2D eigenvalue weighted by atomic mass is 16.5. The average Bonchev–Trinajstić information content (AvgIpc) is 2.83. The van der Waals surface area contributed by atoms with E-state index in [4.69, 9.17) is 14.2 Å². The molecule has 0 aliphatic heterocycles. The van der Waals surface area contributed by atoms with E-state index in [0.29, 0.717) is 36.0 Å². The average molecular weight is 465 g/mol. The summed E-state index contributed by atoms with van der Waals surface area (Å²) in [6, 6.07) is 12.6. The van der Waals surface area contributed by atoms with Gasteiger partial charge in [-0.1, -0.05) is 6.07 Å². The minimum Gasteiger partial charge on any atom is -0.497 e. The molecule has 8 heteroatoms. The van der Waals surface area contributed by atoms with Crippen molar-refractivity contribution in [2.45, 2.75) is 13.8 Å². The highest BCUT2D eigenvalue weighted by Crippen LogP contribution is 2.35. The van der Waals surface area contributed by atoms with Gasteiger partial charge in [-0.05, 0) is 57.3 Å². The fraction of sp³-hybridized carbons (Fsp3) is 0.346. The summed E-state index contributed by atoms with van der Waals surface area (Å²) in [5.74, 6) is 1.11. The number of nitrogens with one attached hydrogen (secondary N) is 1. The SMILES string of the molecule is COCCN(C)CCOc1ccc(NC(=O)c2cccc(OC)c2)cc1-c1c(C)ncnc1C. The van der Waals surface area contributed by atoms with Crippen LogP contribution in [0.3, 0.4) is 0 Å². The molecule has 0 aliphatic carbocycles. The van der Waals surface area contributed by atoms with E-state index < -0.39 is 0 Å². The molecule has 0 unspecified atom stereocenters. The molecular formula is C26H32N4O4. The zero-order valence-electron chi connectivity index (χ0n) is 20.4. The number of anilines is 1. The molecule has 0 saturated carbocycles. The van der Waals surface area contributed by atoms with Crippen molar-refractivity contribution >= 4 is 11.6 Å². The first-order valence-electron chi connectivity index (χ1n) is 11.1. The Labute approximate surface area is 200 Å². The van der Waals surface area contributed by atoms with Gasteiger partial charge < -0.3 is 24.4 Å². The Bertz CT molecular complexity index is 1100. The van der Waals surface area contributed by atoms with Gasteiger partial charge in [0.15, 0.2) is 0 Å². The first-order valence-corrected chi connectivity index (χ1v) is 11.1. The first kappa shape index (κ1) is 25.1. The smallest absolute Gasteiger partial charge is 0.255 e. The fourth-order valence-electron chi connectivity index (χ4n) is 3.55. The number of rotatable bonds is 11. The Morgan fingerprint density at radius 1 is 1.00 bits per heavy atom. The molecule has 8 nitrogen and oxygen atoms in total. The van der Waals surface area contributed by atoms with Crippen LogP contribution in [0.15, 0.2) is 48.8 Å². The van der Waals surface area contributed by atoms with Crippen LogP contribution in [-0.2, 0) is 4.74 Å². The highest BCUT2D eigenvalue weighted by Gasteiger charge is 2.16. The zero-order valence-corrected chi connectivity index (χ0v) is 20.4. The molecule has 0 aliphatic rings. The Kier molecular flexibility index (Phi) is 8.95. The normalized spacial score (nSPS) is 10.9. The predicted molar refractivity (Wildman–Crippen MR) is 133 cm³/mol. The molecule has 1 aromatic heterocycles. The monoisotopic (exact) mass is 464 g/mol. The summed E-state index contributed by atoms with van der Waals surface area (Å²) in [6.07, 6.45) is 1.55. The van der Waals surface area contributed by atoms with E-state index >= 15 is 0 Å². The number of likely N-dealkylation sites (N-methyl/N-ethyl adjacent to an activating group) is 1. The summed E-state index contributed by atoms with van der Waals surface area (Å²) in [6.45, 7) is 6.63. The van der Waals surface area contributed by atoms with Crippen LogP contribution in [-0.4, -0.2) is 68.3 Å². The summed E-state index contributed by atoms with van der Waals surface area (Å²) in [5.41, 5.74) is 4.56. The van der Waals surface area contributed by atoms with Crippen molar-refractivity contribution in [3.05, 3.63) is 65.7 Å². The number of hydrogen-bond acceptors (Lipinski definition) is 7. The van der Waals surface area contributed by atoms with Gasteiger partial charge in [0.05, 0.1) is 13.7 Å². The lowest BCUT2D eigenvalue weighted by Gasteiger charge is -2.19. The van der Waals surface area contributed by atoms with Crippen LogP contribution in [0, 0.1) is 13.8 Å². The van der Waals surface area contributed by atoms with Crippen molar-refractivity contribution < 1.29 is 19.0 Å². The molecule has 1 N–H and O–H groups in total. The second kappa shape index (κ2) is 12.1. The van der Waals surface area contributed by atoms with Crippen LogP contribution >= 0.6 is 0 Å². The van der Waals surface area contributed by atoms with Gasteiger partial charge >= 0.3 is 0 Å². The number of methoxy groups -OCH3 is 2. The van der Waals surface area contributed by atoms with E-state index in [1.807, 2.05) is 39.1 Å². The van der Waals surface area contributed by atoms with E-state index in [9.17, 15) is 4.79 Å². The van der Waals surface area contributed by atoms with E-state index in [2.05, 4.69) is 20.2 Å². The van der Waals surface area contributed by atoms with Gasteiger partial charge in [0.2, 0.25) is 0 Å². The van der Waals surface area contributed by atoms with Crippen LogP contribution in [0.5, 0.6) is 11.5 Å². The lowest BCUT2D eigenvalue weighted by Crippen LogP contribution is -2.27. The van der Waals surface area contributed by atoms with E-state index in [1.54, 1.807) is 44.8 Å². The summed E-state index contributed by atoms with van der Waals surface area (Å²) in [4.78, 5) is 23.7. The van der Waals surface area contributed by atoms with Crippen LogP contribution in [0.4, 0.5) is 5.69 Å². The third kappa shape index (κ3) is 6.52. The van der Waals surface area contributed by atoms with Gasteiger partial charge in [-0.2, -0.15) is 0 Å². The molecule has 0 fully saturated rings. The number of aromatic nitrogens is 2. The fourth-order valence-corrected chi connectivity index (χ4v) is 3.55. The molecule has 0 radical (unpaired) electrons. The second-order valence-corrected chi connectivity index (χ2v) is 7.96. The number of nitrogens with zero attached hydrogens (tertiary/aromatic N) is 3. The maximum absolute atomic E-state index is 12.8. The molecule has 3 rings (SSSR count). The molecule has 0 bridgehead atoms. The lowest BCUT2D eigenvalue weighted by molar-refractivity contribution is 0.102. The topological polar surface area (TPSA) is 85.8 Å². The van der Waals surface area contributed by atoms with Gasteiger partial charge in [-0.25, -0.2) is 9.97 Å². The number of aryl methyl sites for hydroxylation is 2. The second-order valence-electron chi connectivity index (χ2n) is 7.96. The highest BCUT2D eigenvalue weighted by molar-refractivity contribution is 6.05. The minimum absolute atomic E-state index is 0.226. The Hall–Kier alpha value is -3.49. The first-order chi connectivity index (χ1) is 16.4. The van der Waals surface area contributed by atoms with Gasteiger partial charge in [-0.15, -0.1) is 0 Å². The Morgan fingerprint density at radius 2 is 1.74 bits per heavy atom. The van der Waals surface area contributed by atoms with Crippen molar-refractivity contribution in [1.29, 1.82) is 0 Å². The molecule has 2 aromatic carbocycles. The molecule has 0 atom stereocenters. The van der Waals surface area contributed by atoms with Crippen LogP contribution < -0.4 is 14.8 Å².